The zero-order valence-electron chi connectivity index (χ0n) is 10.2. The first kappa shape index (κ1) is 11.4. The summed E-state index contributed by atoms with van der Waals surface area (Å²) < 4.78 is 1.65. The van der Waals surface area contributed by atoms with E-state index in [9.17, 15) is 4.79 Å². The Hall–Kier alpha value is -2.10. The highest BCUT2D eigenvalue weighted by Crippen LogP contribution is 2.21. The lowest BCUT2D eigenvalue weighted by molar-refractivity contribution is 0.0987. The van der Waals surface area contributed by atoms with Crippen LogP contribution in [0.1, 0.15) is 21.7 Å². The molecule has 0 atom stereocenters. The maximum Gasteiger partial charge on any atom is 0.284 e. The van der Waals surface area contributed by atoms with Crippen molar-refractivity contribution >= 4 is 5.91 Å². The number of carbonyl (C=O) groups is 1. The summed E-state index contributed by atoms with van der Waals surface area (Å²) in [4.78, 5) is 15.4. The van der Waals surface area contributed by atoms with Gasteiger partial charge in [-0.2, -0.15) is 0 Å². The summed E-state index contributed by atoms with van der Waals surface area (Å²) in [5, 5.41) is 0. The third kappa shape index (κ3) is 2.06. The van der Waals surface area contributed by atoms with Crippen molar-refractivity contribution in [2.24, 2.45) is 12.8 Å². The number of carbonyl (C=O) groups excluding carboxylic acids is 1. The van der Waals surface area contributed by atoms with E-state index < -0.39 is 5.91 Å². The molecule has 0 aliphatic rings. The molecule has 0 fully saturated rings. The van der Waals surface area contributed by atoms with Crippen molar-refractivity contribution in [3.8, 4) is 11.3 Å². The normalized spacial score (nSPS) is 10.5. The van der Waals surface area contributed by atoms with Gasteiger partial charge in [0.15, 0.2) is 5.82 Å². The van der Waals surface area contributed by atoms with Crippen LogP contribution in [0, 0.1) is 13.8 Å². The monoisotopic (exact) mass is 229 g/mol. The van der Waals surface area contributed by atoms with Crippen LogP contribution in [0.4, 0.5) is 0 Å². The predicted octanol–water partition coefficient (Wildman–Crippen LogP) is 1.80. The minimum atomic E-state index is -0.511. The van der Waals surface area contributed by atoms with E-state index in [0.717, 1.165) is 11.3 Å². The van der Waals surface area contributed by atoms with Crippen LogP contribution in [0.15, 0.2) is 24.4 Å². The van der Waals surface area contributed by atoms with Crippen LogP contribution in [-0.4, -0.2) is 15.5 Å². The van der Waals surface area contributed by atoms with Crippen LogP contribution in [0.2, 0.25) is 0 Å². The number of aromatic nitrogens is 2. The van der Waals surface area contributed by atoms with Gasteiger partial charge >= 0.3 is 0 Å². The van der Waals surface area contributed by atoms with Gasteiger partial charge in [0, 0.05) is 18.8 Å². The number of primary amides is 1. The van der Waals surface area contributed by atoms with Crippen molar-refractivity contribution < 1.29 is 4.79 Å². The number of nitrogens with two attached hydrogens (primary N) is 1. The van der Waals surface area contributed by atoms with E-state index in [0.29, 0.717) is 0 Å². The molecule has 4 nitrogen and oxygen atoms in total. The molecule has 0 saturated carbocycles. The largest absolute Gasteiger partial charge is 0.363 e. The van der Waals surface area contributed by atoms with Gasteiger partial charge in [-0.25, -0.2) is 4.98 Å². The molecule has 0 aliphatic carbocycles. The van der Waals surface area contributed by atoms with Crippen molar-refractivity contribution in [3.63, 3.8) is 0 Å². The molecule has 1 heterocycles. The summed E-state index contributed by atoms with van der Waals surface area (Å²) in [6.07, 6.45) is 1.81. The SMILES string of the molecule is Cc1ccc(-c2cn(C)c(C(N)=O)n2)cc1C. The van der Waals surface area contributed by atoms with Gasteiger partial charge in [0.2, 0.25) is 0 Å². The molecule has 0 radical (unpaired) electrons. The molecule has 0 bridgehead atoms. The third-order valence-corrected chi connectivity index (χ3v) is 2.90. The first-order valence-electron chi connectivity index (χ1n) is 5.40. The van der Waals surface area contributed by atoms with Gasteiger partial charge in [-0.3, -0.25) is 4.79 Å². The van der Waals surface area contributed by atoms with E-state index in [1.165, 1.54) is 11.1 Å². The fourth-order valence-electron chi connectivity index (χ4n) is 1.74. The average Bonchev–Trinajstić information content (AvgIpc) is 2.64. The molecule has 0 saturated heterocycles. The lowest BCUT2D eigenvalue weighted by Crippen LogP contribution is -2.16. The van der Waals surface area contributed by atoms with Crippen LogP contribution >= 0.6 is 0 Å². The topological polar surface area (TPSA) is 60.9 Å². The molecular formula is C13H15N3O. The average molecular weight is 229 g/mol. The molecule has 1 aromatic heterocycles. The lowest BCUT2D eigenvalue weighted by Gasteiger charge is -2.01. The summed E-state index contributed by atoms with van der Waals surface area (Å²) in [5.74, 6) is -0.235. The van der Waals surface area contributed by atoms with Gasteiger partial charge in [0.05, 0.1) is 5.69 Å². The fraction of sp³-hybridized carbons (Fsp3) is 0.231. The first-order valence-corrected chi connectivity index (χ1v) is 5.40. The van der Waals surface area contributed by atoms with Gasteiger partial charge in [0.25, 0.3) is 5.91 Å². The molecule has 17 heavy (non-hydrogen) atoms. The molecule has 2 aromatic rings. The Balaban J connectivity index is 2.50. The van der Waals surface area contributed by atoms with Gasteiger partial charge < -0.3 is 10.3 Å². The van der Waals surface area contributed by atoms with Crippen LogP contribution in [-0.2, 0) is 7.05 Å². The molecule has 2 N–H and O–H groups in total. The second kappa shape index (κ2) is 4.05. The highest BCUT2D eigenvalue weighted by atomic mass is 16.1. The molecule has 2 rings (SSSR count). The number of amides is 1. The Morgan fingerprint density at radius 2 is 2.00 bits per heavy atom. The van der Waals surface area contributed by atoms with E-state index in [1.807, 2.05) is 18.3 Å². The number of aryl methyl sites for hydroxylation is 3. The predicted molar refractivity (Wildman–Crippen MR) is 66.6 cm³/mol. The molecular weight excluding hydrogens is 214 g/mol. The highest BCUT2D eigenvalue weighted by Gasteiger charge is 2.11. The Kier molecular flexibility index (Phi) is 2.71. The molecule has 1 amide bonds. The van der Waals surface area contributed by atoms with Crippen LogP contribution < -0.4 is 5.73 Å². The molecule has 4 heteroatoms. The van der Waals surface area contributed by atoms with Crippen LogP contribution in [0.3, 0.4) is 0 Å². The number of rotatable bonds is 2. The van der Waals surface area contributed by atoms with Gasteiger partial charge in [0.1, 0.15) is 0 Å². The zero-order chi connectivity index (χ0) is 12.6. The zero-order valence-corrected chi connectivity index (χ0v) is 10.2. The van der Waals surface area contributed by atoms with Crippen molar-refractivity contribution in [2.45, 2.75) is 13.8 Å². The second-order valence-corrected chi connectivity index (χ2v) is 4.22. The number of benzene rings is 1. The summed E-state index contributed by atoms with van der Waals surface area (Å²) in [6.45, 7) is 4.11. The quantitative estimate of drug-likeness (QED) is 0.853. The fourth-order valence-corrected chi connectivity index (χ4v) is 1.74. The minimum Gasteiger partial charge on any atom is -0.363 e. The molecule has 0 aliphatic heterocycles. The van der Waals surface area contributed by atoms with Gasteiger partial charge in [-0.15, -0.1) is 0 Å². The number of nitrogens with zero attached hydrogens (tertiary/aromatic N) is 2. The Morgan fingerprint density at radius 1 is 1.29 bits per heavy atom. The molecule has 0 unspecified atom stereocenters. The summed E-state index contributed by atoms with van der Waals surface area (Å²) in [6, 6.07) is 6.10. The first-order chi connectivity index (χ1) is 7.99. The molecule has 1 aromatic carbocycles. The Morgan fingerprint density at radius 3 is 2.53 bits per heavy atom. The summed E-state index contributed by atoms with van der Waals surface area (Å²) >= 11 is 0. The number of hydrogen-bond acceptors (Lipinski definition) is 2. The maximum atomic E-state index is 11.1. The molecule has 0 spiro atoms. The molecule has 88 valence electrons. The third-order valence-electron chi connectivity index (χ3n) is 2.90. The van der Waals surface area contributed by atoms with Crippen molar-refractivity contribution in [1.82, 2.24) is 9.55 Å². The Bertz CT molecular complexity index is 584. The van der Waals surface area contributed by atoms with E-state index in [-0.39, 0.29) is 5.82 Å². The summed E-state index contributed by atoms with van der Waals surface area (Å²) in [5.41, 5.74) is 9.44. The van der Waals surface area contributed by atoms with Crippen molar-refractivity contribution in [2.75, 3.05) is 0 Å². The lowest BCUT2D eigenvalue weighted by atomic mass is 10.1. The van der Waals surface area contributed by atoms with Crippen molar-refractivity contribution in [1.29, 1.82) is 0 Å². The van der Waals surface area contributed by atoms with Gasteiger partial charge in [-0.1, -0.05) is 12.1 Å². The van der Waals surface area contributed by atoms with E-state index >= 15 is 0 Å². The Labute approximate surface area is 100 Å². The minimum absolute atomic E-state index is 0.276. The van der Waals surface area contributed by atoms with E-state index in [4.69, 9.17) is 5.73 Å². The van der Waals surface area contributed by atoms with E-state index in [1.54, 1.807) is 11.6 Å². The standard InChI is InChI=1S/C13H15N3O/c1-8-4-5-10(6-9(8)2)11-7-16(3)13(15-11)12(14)17/h4-7H,1-3H3,(H2,14,17). The van der Waals surface area contributed by atoms with Crippen molar-refractivity contribution in [3.05, 3.63) is 41.3 Å². The number of imidazole rings is 1. The van der Waals surface area contributed by atoms with Crippen LogP contribution in [0.5, 0.6) is 0 Å². The number of hydrogen-bond donors (Lipinski definition) is 1. The second-order valence-electron chi connectivity index (χ2n) is 4.22. The summed E-state index contributed by atoms with van der Waals surface area (Å²) in [7, 11) is 1.76. The highest BCUT2D eigenvalue weighted by molar-refractivity contribution is 5.90. The smallest absolute Gasteiger partial charge is 0.284 e. The maximum absolute atomic E-state index is 11.1. The van der Waals surface area contributed by atoms with Gasteiger partial charge in [-0.05, 0) is 31.0 Å². The van der Waals surface area contributed by atoms with Crippen LogP contribution in [0.25, 0.3) is 11.3 Å². The van der Waals surface area contributed by atoms with E-state index in [2.05, 4.69) is 24.9 Å².